The second kappa shape index (κ2) is 7.98. The minimum absolute atomic E-state index is 0.127. The van der Waals surface area contributed by atoms with Crippen molar-refractivity contribution in [1.29, 1.82) is 0 Å². The smallest absolute Gasteiger partial charge is 0.0742 e. The summed E-state index contributed by atoms with van der Waals surface area (Å²) in [5.41, 5.74) is 0. The number of likely N-dealkylation sites (tertiary alicyclic amines) is 1. The van der Waals surface area contributed by atoms with Crippen molar-refractivity contribution in [3.8, 4) is 0 Å². The molecule has 0 radical (unpaired) electrons. The van der Waals surface area contributed by atoms with E-state index in [4.69, 9.17) is 16.3 Å². The highest BCUT2D eigenvalue weighted by Crippen LogP contribution is 2.39. The van der Waals surface area contributed by atoms with Crippen molar-refractivity contribution in [2.75, 3.05) is 46.5 Å². The first kappa shape index (κ1) is 17.9. The van der Waals surface area contributed by atoms with E-state index >= 15 is 0 Å². The minimum atomic E-state index is -0.241. The predicted molar refractivity (Wildman–Crippen MR) is 92.8 cm³/mol. The van der Waals surface area contributed by atoms with Crippen molar-refractivity contribution >= 4 is 11.6 Å². The molecule has 0 aromatic heterocycles. The first-order valence-electron chi connectivity index (χ1n) is 9.09. The van der Waals surface area contributed by atoms with Crippen molar-refractivity contribution in [3.63, 3.8) is 0 Å². The number of alkyl halides is 1. The molecule has 0 spiro atoms. The summed E-state index contributed by atoms with van der Waals surface area (Å²) in [7, 11) is 2.13. The van der Waals surface area contributed by atoms with E-state index in [0.29, 0.717) is 12.0 Å². The SMILES string of the molecule is C[C@H](O)CN1CCC2CC(OC[C@H]3CN(C)CN3)C(Cl)CC2C1. The molecule has 0 aromatic carbocycles. The Morgan fingerprint density at radius 1 is 1.30 bits per heavy atom. The van der Waals surface area contributed by atoms with Crippen LogP contribution in [0.1, 0.15) is 26.2 Å². The van der Waals surface area contributed by atoms with Crippen LogP contribution in [0.25, 0.3) is 0 Å². The number of rotatable bonds is 5. The Balaban J connectivity index is 1.45. The average Bonchev–Trinajstić information content (AvgIpc) is 2.90. The molecular weight excluding hydrogens is 314 g/mol. The van der Waals surface area contributed by atoms with Gasteiger partial charge in [-0.05, 0) is 51.6 Å². The number of aliphatic hydroxyl groups is 1. The highest BCUT2D eigenvalue weighted by molar-refractivity contribution is 6.21. The standard InChI is InChI=1S/C17H32ClN3O2/c1-12(22)7-21-4-3-13-6-17(16(18)5-14(13)8-21)23-10-15-9-20(2)11-19-15/h12-17,19,22H,3-11H2,1-2H3/t12-,13?,14?,15+,16?,17?/m0/s1. The summed E-state index contributed by atoms with van der Waals surface area (Å²) < 4.78 is 6.19. The first-order chi connectivity index (χ1) is 11.0. The number of nitrogens with one attached hydrogen (secondary N) is 1. The van der Waals surface area contributed by atoms with Gasteiger partial charge in [0.05, 0.1) is 24.2 Å². The predicted octanol–water partition coefficient (Wildman–Crippen LogP) is 0.953. The van der Waals surface area contributed by atoms with Crippen LogP contribution in [0, 0.1) is 11.8 Å². The molecule has 3 aliphatic rings. The number of hydrogen-bond donors (Lipinski definition) is 2. The molecule has 3 fully saturated rings. The number of ether oxygens (including phenoxy) is 1. The number of hydrogen-bond acceptors (Lipinski definition) is 5. The molecule has 1 aliphatic carbocycles. The van der Waals surface area contributed by atoms with Gasteiger partial charge < -0.3 is 14.7 Å². The zero-order valence-electron chi connectivity index (χ0n) is 14.5. The molecule has 2 N–H and O–H groups in total. The summed E-state index contributed by atoms with van der Waals surface area (Å²) in [6.45, 7) is 7.62. The molecule has 6 heteroatoms. The Morgan fingerprint density at radius 2 is 2.13 bits per heavy atom. The van der Waals surface area contributed by atoms with Gasteiger partial charge in [-0.15, -0.1) is 11.6 Å². The lowest BCUT2D eigenvalue weighted by molar-refractivity contribution is -0.0314. The molecule has 0 bridgehead atoms. The van der Waals surface area contributed by atoms with Gasteiger partial charge in [-0.1, -0.05) is 0 Å². The summed E-state index contributed by atoms with van der Waals surface area (Å²) in [4.78, 5) is 4.68. The fourth-order valence-corrected chi connectivity index (χ4v) is 4.88. The van der Waals surface area contributed by atoms with Crippen molar-refractivity contribution < 1.29 is 9.84 Å². The van der Waals surface area contributed by atoms with Crippen LogP contribution < -0.4 is 5.32 Å². The van der Waals surface area contributed by atoms with Crippen molar-refractivity contribution in [3.05, 3.63) is 0 Å². The Bertz CT molecular complexity index is 385. The molecule has 4 unspecified atom stereocenters. The van der Waals surface area contributed by atoms with Gasteiger partial charge in [-0.25, -0.2) is 0 Å². The van der Waals surface area contributed by atoms with E-state index < -0.39 is 0 Å². The second-order valence-corrected chi connectivity index (χ2v) is 8.43. The summed E-state index contributed by atoms with van der Waals surface area (Å²) in [5.74, 6) is 1.40. The van der Waals surface area contributed by atoms with E-state index in [1.807, 2.05) is 6.92 Å². The molecule has 3 rings (SSSR count). The molecule has 2 aliphatic heterocycles. The zero-order chi connectivity index (χ0) is 16.4. The lowest BCUT2D eigenvalue weighted by Gasteiger charge is -2.45. The first-order valence-corrected chi connectivity index (χ1v) is 9.53. The van der Waals surface area contributed by atoms with Gasteiger partial charge in [0.25, 0.3) is 0 Å². The Labute approximate surface area is 145 Å². The molecule has 1 saturated carbocycles. The molecule has 2 saturated heterocycles. The van der Waals surface area contributed by atoms with Crippen LogP contribution in [0.3, 0.4) is 0 Å². The maximum atomic E-state index is 9.59. The van der Waals surface area contributed by atoms with E-state index in [0.717, 1.165) is 58.2 Å². The third-order valence-electron chi connectivity index (χ3n) is 5.66. The Kier molecular flexibility index (Phi) is 6.21. The third-order valence-corrected chi connectivity index (χ3v) is 6.12. The van der Waals surface area contributed by atoms with Crippen LogP contribution >= 0.6 is 11.6 Å². The number of fused-ring (bicyclic) bond motifs is 1. The topological polar surface area (TPSA) is 48.0 Å². The number of nitrogens with zero attached hydrogens (tertiary/aromatic N) is 2. The normalized spacial score (nSPS) is 41.0. The largest absolute Gasteiger partial charge is 0.392 e. The van der Waals surface area contributed by atoms with Gasteiger partial charge in [0.15, 0.2) is 0 Å². The van der Waals surface area contributed by atoms with Gasteiger partial charge in [-0.2, -0.15) is 0 Å². The van der Waals surface area contributed by atoms with Gasteiger partial charge in [0.1, 0.15) is 0 Å². The monoisotopic (exact) mass is 345 g/mol. The van der Waals surface area contributed by atoms with E-state index in [1.54, 1.807) is 0 Å². The van der Waals surface area contributed by atoms with Gasteiger partial charge in [0.2, 0.25) is 0 Å². The average molecular weight is 346 g/mol. The van der Waals surface area contributed by atoms with Gasteiger partial charge in [-0.3, -0.25) is 10.2 Å². The highest BCUT2D eigenvalue weighted by Gasteiger charge is 2.40. The van der Waals surface area contributed by atoms with E-state index in [-0.39, 0.29) is 17.6 Å². The third kappa shape index (κ3) is 4.80. The fraction of sp³-hybridized carbons (Fsp3) is 1.00. The summed E-state index contributed by atoms with van der Waals surface area (Å²) in [6.07, 6.45) is 3.32. The molecule has 5 nitrogen and oxygen atoms in total. The molecule has 134 valence electrons. The number of halogens is 1. The fourth-order valence-electron chi connectivity index (χ4n) is 4.47. The van der Waals surface area contributed by atoms with Crippen molar-refractivity contribution in [1.82, 2.24) is 15.1 Å². The van der Waals surface area contributed by atoms with Crippen LogP contribution in [-0.2, 0) is 4.74 Å². The maximum absolute atomic E-state index is 9.59. The van der Waals surface area contributed by atoms with Crippen LogP contribution in [-0.4, -0.2) is 85.0 Å². The summed E-state index contributed by atoms with van der Waals surface area (Å²) in [5, 5.41) is 13.2. The lowest BCUT2D eigenvalue weighted by Crippen LogP contribution is -2.49. The number of aliphatic hydroxyl groups excluding tert-OH is 1. The van der Waals surface area contributed by atoms with Crippen LogP contribution in [0.15, 0.2) is 0 Å². The maximum Gasteiger partial charge on any atom is 0.0742 e. The second-order valence-electron chi connectivity index (χ2n) is 7.87. The van der Waals surface area contributed by atoms with Crippen molar-refractivity contribution in [2.45, 2.75) is 49.8 Å². The molecular formula is C17H32ClN3O2. The molecule has 23 heavy (non-hydrogen) atoms. The lowest BCUT2D eigenvalue weighted by atomic mass is 9.73. The van der Waals surface area contributed by atoms with Gasteiger partial charge >= 0.3 is 0 Å². The summed E-state index contributed by atoms with van der Waals surface area (Å²) >= 11 is 6.65. The van der Waals surface area contributed by atoms with Crippen LogP contribution in [0.2, 0.25) is 0 Å². The molecule has 6 atom stereocenters. The number of likely N-dealkylation sites (N-methyl/N-ethyl adjacent to an activating group) is 1. The van der Waals surface area contributed by atoms with E-state index in [2.05, 4.69) is 22.2 Å². The summed E-state index contributed by atoms with van der Waals surface area (Å²) in [6, 6.07) is 0.439. The molecule has 0 amide bonds. The number of β-amino-alcohol motifs (C(OH)–C–C–N with tert-alkyl or cyclic N) is 1. The van der Waals surface area contributed by atoms with E-state index in [1.165, 1.54) is 6.42 Å². The van der Waals surface area contributed by atoms with Gasteiger partial charge in [0, 0.05) is 32.3 Å². The zero-order valence-corrected chi connectivity index (χ0v) is 15.2. The highest BCUT2D eigenvalue weighted by atomic mass is 35.5. The quantitative estimate of drug-likeness (QED) is 0.727. The Morgan fingerprint density at radius 3 is 2.83 bits per heavy atom. The van der Waals surface area contributed by atoms with Crippen molar-refractivity contribution in [2.24, 2.45) is 11.8 Å². The van der Waals surface area contributed by atoms with E-state index in [9.17, 15) is 5.11 Å². The van der Waals surface area contributed by atoms with Crippen LogP contribution in [0.5, 0.6) is 0 Å². The molecule has 2 heterocycles. The molecule has 0 aromatic rings. The van der Waals surface area contributed by atoms with Crippen LogP contribution in [0.4, 0.5) is 0 Å². The minimum Gasteiger partial charge on any atom is -0.392 e. The number of piperidine rings is 1. The Hall–Kier alpha value is 0.0900.